The standard InChI is InChI=1S/C21H20N4OS/c1-14(2)25-20-16(13-23-25)11-17(12-22-20)21(26)24-19(18-9-6-10-27-18)15-7-4-3-5-8-15/h3-14,19H,1-2H3,(H,24,26)/t19-/m1/s1. The number of rotatable bonds is 5. The highest BCUT2D eigenvalue weighted by atomic mass is 32.1. The van der Waals surface area contributed by atoms with Gasteiger partial charge in [0.1, 0.15) is 0 Å². The minimum atomic E-state index is -0.187. The van der Waals surface area contributed by atoms with Crippen LogP contribution in [0.3, 0.4) is 0 Å². The van der Waals surface area contributed by atoms with E-state index in [2.05, 4.69) is 29.2 Å². The number of thiophene rings is 1. The minimum Gasteiger partial charge on any atom is -0.340 e. The molecule has 136 valence electrons. The van der Waals surface area contributed by atoms with Crippen LogP contribution in [-0.4, -0.2) is 20.7 Å². The molecule has 1 aromatic carbocycles. The quantitative estimate of drug-likeness (QED) is 0.554. The number of hydrogen-bond donors (Lipinski definition) is 1. The molecule has 6 heteroatoms. The van der Waals surface area contributed by atoms with Crippen LogP contribution in [0.1, 0.15) is 46.7 Å². The van der Waals surface area contributed by atoms with Gasteiger partial charge in [-0.2, -0.15) is 5.10 Å². The average Bonchev–Trinajstić information content (AvgIpc) is 3.35. The summed E-state index contributed by atoms with van der Waals surface area (Å²) in [5.41, 5.74) is 2.37. The molecule has 0 radical (unpaired) electrons. The summed E-state index contributed by atoms with van der Waals surface area (Å²) in [6.45, 7) is 4.11. The van der Waals surface area contributed by atoms with Gasteiger partial charge in [0, 0.05) is 22.5 Å². The van der Waals surface area contributed by atoms with Crippen LogP contribution in [0, 0.1) is 0 Å². The molecule has 0 aliphatic carbocycles. The van der Waals surface area contributed by atoms with Gasteiger partial charge in [-0.05, 0) is 36.9 Å². The zero-order valence-corrected chi connectivity index (χ0v) is 16.0. The molecule has 1 N–H and O–H groups in total. The zero-order chi connectivity index (χ0) is 18.8. The fraction of sp³-hybridized carbons (Fsp3) is 0.190. The van der Waals surface area contributed by atoms with Gasteiger partial charge in [0.25, 0.3) is 5.91 Å². The van der Waals surface area contributed by atoms with Crippen molar-refractivity contribution in [3.63, 3.8) is 0 Å². The average molecular weight is 376 g/mol. The monoisotopic (exact) mass is 376 g/mol. The maximum atomic E-state index is 12.9. The fourth-order valence-electron chi connectivity index (χ4n) is 3.08. The largest absolute Gasteiger partial charge is 0.340 e. The Bertz CT molecular complexity index is 1050. The smallest absolute Gasteiger partial charge is 0.253 e. The number of pyridine rings is 1. The summed E-state index contributed by atoms with van der Waals surface area (Å²) in [7, 11) is 0. The minimum absolute atomic E-state index is 0.149. The van der Waals surface area contributed by atoms with Crippen LogP contribution < -0.4 is 5.32 Å². The van der Waals surface area contributed by atoms with E-state index < -0.39 is 0 Å². The molecule has 0 unspecified atom stereocenters. The highest BCUT2D eigenvalue weighted by Gasteiger charge is 2.19. The van der Waals surface area contributed by atoms with E-state index in [1.54, 1.807) is 23.7 Å². The van der Waals surface area contributed by atoms with Gasteiger partial charge in [-0.25, -0.2) is 9.67 Å². The molecule has 0 saturated carbocycles. The predicted molar refractivity (Wildman–Crippen MR) is 108 cm³/mol. The molecule has 3 aromatic heterocycles. The topological polar surface area (TPSA) is 59.8 Å². The summed E-state index contributed by atoms with van der Waals surface area (Å²) < 4.78 is 1.86. The second-order valence-electron chi connectivity index (χ2n) is 6.65. The first kappa shape index (κ1) is 17.4. The molecule has 4 rings (SSSR count). The van der Waals surface area contributed by atoms with Crippen LogP contribution in [0.4, 0.5) is 0 Å². The van der Waals surface area contributed by atoms with Crippen LogP contribution >= 0.6 is 11.3 Å². The summed E-state index contributed by atoms with van der Waals surface area (Å²) in [6.07, 6.45) is 3.38. The number of carbonyl (C=O) groups excluding carboxylic acids is 1. The first-order chi connectivity index (χ1) is 13.1. The van der Waals surface area contributed by atoms with E-state index in [1.807, 2.05) is 58.6 Å². The molecule has 1 atom stereocenters. The molecular weight excluding hydrogens is 356 g/mol. The van der Waals surface area contributed by atoms with Crippen molar-refractivity contribution in [3.05, 3.63) is 82.3 Å². The van der Waals surface area contributed by atoms with Crippen molar-refractivity contribution in [2.45, 2.75) is 25.9 Å². The molecule has 3 heterocycles. The van der Waals surface area contributed by atoms with Gasteiger partial charge in [0.2, 0.25) is 0 Å². The van der Waals surface area contributed by atoms with Crippen molar-refractivity contribution in [1.29, 1.82) is 0 Å². The molecule has 5 nitrogen and oxygen atoms in total. The maximum absolute atomic E-state index is 12.9. The van der Waals surface area contributed by atoms with Crippen molar-refractivity contribution in [1.82, 2.24) is 20.1 Å². The van der Waals surface area contributed by atoms with Crippen molar-refractivity contribution >= 4 is 28.3 Å². The van der Waals surface area contributed by atoms with Crippen LogP contribution in [0.25, 0.3) is 11.0 Å². The maximum Gasteiger partial charge on any atom is 0.253 e. The van der Waals surface area contributed by atoms with Gasteiger partial charge >= 0.3 is 0 Å². The lowest BCUT2D eigenvalue weighted by atomic mass is 10.0. The van der Waals surface area contributed by atoms with Gasteiger partial charge in [0.15, 0.2) is 5.65 Å². The highest BCUT2D eigenvalue weighted by molar-refractivity contribution is 7.10. The zero-order valence-electron chi connectivity index (χ0n) is 15.2. The SMILES string of the molecule is CC(C)n1ncc2cc(C(=O)N[C@H](c3ccccc3)c3cccs3)cnc21. The number of aromatic nitrogens is 3. The van der Waals surface area contributed by atoms with Crippen LogP contribution in [0.15, 0.2) is 66.3 Å². The molecule has 0 bridgehead atoms. The van der Waals surface area contributed by atoms with Crippen LogP contribution in [0.5, 0.6) is 0 Å². The van der Waals surface area contributed by atoms with Crippen molar-refractivity contribution < 1.29 is 4.79 Å². The van der Waals surface area contributed by atoms with Gasteiger partial charge in [0.05, 0.1) is 17.8 Å². The summed E-state index contributed by atoms with van der Waals surface area (Å²) >= 11 is 1.63. The third-order valence-corrected chi connectivity index (χ3v) is 5.36. The van der Waals surface area contributed by atoms with Gasteiger partial charge in [-0.3, -0.25) is 4.79 Å². The van der Waals surface area contributed by atoms with E-state index in [-0.39, 0.29) is 18.0 Å². The van der Waals surface area contributed by atoms with Gasteiger partial charge in [-0.15, -0.1) is 11.3 Å². The number of fused-ring (bicyclic) bond motifs is 1. The number of hydrogen-bond acceptors (Lipinski definition) is 4. The molecule has 4 aromatic rings. The molecule has 0 spiro atoms. The number of nitrogens with one attached hydrogen (secondary N) is 1. The Labute approximate surface area is 161 Å². The third-order valence-electron chi connectivity index (χ3n) is 4.42. The third kappa shape index (κ3) is 3.48. The number of nitrogens with zero attached hydrogens (tertiary/aromatic N) is 3. The lowest BCUT2D eigenvalue weighted by molar-refractivity contribution is 0.0943. The van der Waals surface area contributed by atoms with Crippen molar-refractivity contribution in [2.24, 2.45) is 0 Å². The molecule has 0 saturated heterocycles. The van der Waals surface area contributed by atoms with Crippen LogP contribution in [-0.2, 0) is 0 Å². The Balaban J connectivity index is 1.64. The predicted octanol–water partition coefficient (Wildman–Crippen LogP) is 4.59. The van der Waals surface area contributed by atoms with E-state index in [4.69, 9.17) is 0 Å². The van der Waals surface area contributed by atoms with Crippen molar-refractivity contribution in [2.75, 3.05) is 0 Å². The highest BCUT2D eigenvalue weighted by Crippen LogP contribution is 2.26. The van der Waals surface area contributed by atoms with Crippen LogP contribution in [0.2, 0.25) is 0 Å². The molecule has 0 aliphatic rings. The van der Waals surface area contributed by atoms with Gasteiger partial charge in [-0.1, -0.05) is 36.4 Å². The second-order valence-corrected chi connectivity index (χ2v) is 7.63. The Morgan fingerprint density at radius 3 is 2.63 bits per heavy atom. The van der Waals surface area contributed by atoms with E-state index in [0.29, 0.717) is 5.56 Å². The second kappa shape index (κ2) is 7.32. The number of carbonyl (C=O) groups is 1. The first-order valence-electron chi connectivity index (χ1n) is 8.86. The normalized spacial score (nSPS) is 12.4. The Hall–Kier alpha value is -2.99. The fourth-order valence-corrected chi connectivity index (χ4v) is 3.88. The molecule has 0 fully saturated rings. The Morgan fingerprint density at radius 1 is 1.11 bits per heavy atom. The van der Waals surface area contributed by atoms with E-state index in [9.17, 15) is 4.79 Å². The lowest BCUT2D eigenvalue weighted by Gasteiger charge is -2.18. The van der Waals surface area contributed by atoms with E-state index in [0.717, 1.165) is 21.5 Å². The van der Waals surface area contributed by atoms with Gasteiger partial charge < -0.3 is 5.32 Å². The molecule has 1 amide bonds. The van der Waals surface area contributed by atoms with Crippen molar-refractivity contribution in [3.8, 4) is 0 Å². The Kier molecular flexibility index (Phi) is 4.73. The first-order valence-corrected chi connectivity index (χ1v) is 9.74. The summed E-state index contributed by atoms with van der Waals surface area (Å²) in [5.74, 6) is -0.149. The number of amides is 1. The molecule has 27 heavy (non-hydrogen) atoms. The summed E-state index contributed by atoms with van der Waals surface area (Å²) in [4.78, 5) is 18.5. The number of benzene rings is 1. The summed E-state index contributed by atoms with van der Waals surface area (Å²) in [5, 5.41) is 10.4. The Morgan fingerprint density at radius 2 is 1.93 bits per heavy atom. The molecular formula is C21H20N4OS. The van der Waals surface area contributed by atoms with E-state index in [1.165, 1.54) is 0 Å². The summed E-state index contributed by atoms with van der Waals surface area (Å²) in [6, 6.07) is 15.9. The van der Waals surface area contributed by atoms with E-state index >= 15 is 0 Å². The lowest BCUT2D eigenvalue weighted by Crippen LogP contribution is -2.28. The molecule has 0 aliphatic heterocycles.